The lowest BCUT2D eigenvalue weighted by Crippen LogP contribution is -2.31. The Labute approximate surface area is 170 Å². The number of unbranched alkanes of at least 4 members (excludes halogenated alkanes) is 1. The molecule has 29 heavy (non-hydrogen) atoms. The van der Waals surface area contributed by atoms with Crippen molar-refractivity contribution in [1.29, 1.82) is 0 Å². The zero-order valence-corrected chi connectivity index (χ0v) is 17.4. The maximum absolute atomic E-state index is 14.1. The number of sulfonamides is 1. The third-order valence-electron chi connectivity index (χ3n) is 4.54. The number of hydrogen-bond acceptors (Lipinski definition) is 4. The fraction of sp³-hybridized carbons (Fsp3) is 0.400. The lowest BCUT2D eigenvalue weighted by molar-refractivity contribution is 0.0948. The Morgan fingerprint density at radius 2 is 1.86 bits per heavy atom. The van der Waals surface area contributed by atoms with Gasteiger partial charge in [0, 0.05) is 38.4 Å². The number of halogens is 1. The number of rotatable bonds is 10. The highest BCUT2D eigenvalue weighted by Gasteiger charge is 2.24. The summed E-state index contributed by atoms with van der Waals surface area (Å²) in [6, 6.07) is 8.14. The van der Waals surface area contributed by atoms with Crippen molar-refractivity contribution >= 4 is 15.9 Å². The van der Waals surface area contributed by atoms with Crippen LogP contribution in [-0.2, 0) is 16.6 Å². The summed E-state index contributed by atoms with van der Waals surface area (Å²) in [6.07, 6.45) is 2.94. The van der Waals surface area contributed by atoms with E-state index >= 15 is 0 Å². The molecule has 0 bridgehead atoms. The molecule has 2 rings (SSSR count). The predicted molar refractivity (Wildman–Crippen MR) is 109 cm³/mol. The molecule has 0 saturated heterocycles. The molecule has 0 aliphatic rings. The van der Waals surface area contributed by atoms with Crippen LogP contribution in [-0.4, -0.2) is 42.8 Å². The molecule has 1 heterocycles. The van der Waals surface area contributed by atoms with E-state index < -0.39 is 21.7 Å². The van der Waals surface area contributed by atoms with Gasteiger partial charge in [-0.15, -0.1) is 0 Å². The summed E-state index contributed by atoms with van der Waals surface area (Å²) in [5, 5.41) is 2.60. The summed E-state index contributed by atoms with van der Waals surface area (Å²) in [7, 11) is -3.78. The standard InChI is InChI=1S/C20H26FN3O4S/c1-3-24(4-2)29(27,28)16-10-11-18(21)17(15-16)20(26)22-12-6-8-14-23-13-7-5-9-19(23)25/h5,7,9-11,13,15H,3-4,6,8,12,14H2,1-2H3,(H,22,26). The minimum absolute atomic E-state index is 0.0927. The Morgan fingerprint density at radius 3 is 2.52 bits per heavy atom. The quantitative estimate of drug-likeness (QED) is 0.594. The smallest absolute Gasteiger partial charge is 0.254 e. The normalized spacial score (nSPS) is 11.6. The fourth-order valence-corrected chi connectivity index (χ4v) is 4.39. The van der Waals surface area contributed by atoms with Crippen molar-refractivity contribution < 1.29 is 17.6 Å². The first-order valence-corrected chi connectivity index (χ1v) is 11.0. The minimum atomic E-state index is -3.78. The first-order valence-electron chi connectivity index (χ1n) is 9.54. The van der Waals surface area contributed by atoms with Crippen LogP contribution in [0.1, 0.15) is 37.0 Å². The van der Waals surface area contributed by atoms with E-state index in [0.717, 1.165) is 18.2 Å². The topological polar surface area (TPSA) is 88.5 Å². The lowest BCUT2D eigenvalue weighted by atomic mass is 10.2. The minimum Gasteiger partial charge on any atom is -0.352 e. The van der Waals surface area contributed by atoms with Crippen molar-refractivity contribution in [2.75, 3.05) is 19.6 Å². The van der Waals surface area contributed by atoms with Crippen LogP contribution in [0.25, 0.3) is 0 Å². The average Bonchev–Trinajstić information content (AvgIpc) is 2.69. The maximum atomic E-state index is 14.1. The zero-order chi connectivity index (χ0) is 21.4. The summed E-state index contributed by atoms with van der Waals surface area (Å²) < 4.78 is 42.1. The van der Waals surface area contributed by atoms with Crippen LogP contribution >= 0.6 is 0 Å². The van der Waals surface area contributed by atoms with Crippen LogP contribution < -0.4 is 10.9 Å². The molecule has 0 unspecified atom stereocenters. The monoisotopic (exact) mass is 423 g/mol. The molecule has 2 aromatic rings. The average molecular weight is 424 g/mol. The van der Waals surface area contributed by atoms with Crippen molar-refractivity contribution in [3.8, 4) is 0 Å². The number of nitrogens with one attached hydrogen (secondary N) is 1. The largest absolute Gasteiger partial charge is 0.352 e. The summed E-state index contributed by atoms with van der Waals surface area (Å²) in [4.78, 5) is 23.8. The number of amides is 1. The van der Waals surface area contributed by atoms with Gasteiger partial charge in [-0.2, -0.15) is 4.31 Å². The zero-order valence-electron chi connectivity index (χ0n) is 16.6. The Bertz CT molecular complexity index is 1000. The van der Waals surface area contributed by atoms with Crippen molar-refractivity contribution in [2.24, 2.45) is 0 Å². The molecule has 0 atom stereocenters. The fourth-order valence-electron chi connectivity index (χ4n) is 2.90. The number of carbonyl (C=O) groups excluding carboxylic acids is 1. The van der Waals surface area contributed by atoms with Crippen LogP contribution in [0.2, 0.25) is 0 Å². The first-order chi connectivity index (χ1) is 13.8. The Kier molecular flexibility index (Phi) is 8.10. The number of pyridine rings is 1. The summed E-state index contributed by atoms with van der Waals surface area (Å²) in [5.41, 5.74) is -0.401. The van der Waals surface area contributed by atoms with E-state index in [2.05, 4.69) is 5.32 Å². The number of hydrogen-bond donors (Lipinski definition) is 1. The van der Waals surface area contributed by atoms with Crippen LogP contribution in [0.5, 0.6) is 0 Å². The number of benzene rings is 1. The summed E-state index contributed by atoms with van der Waals surface area (Å²) >= 11 is 0. The highest BCUT2D eigenvalue weighted by molar-refractivity contribution is 7.89. The van der Waals surface area contributed by atoms with Crippen molar-refractivity contribution in [3.05, 3.63) is 64.3 Å². The number of aromatic nitrogens is 1. The molecule has 1 aromatic carbocycles. The van der Waals surface area contributed by atoms with Gasteiger partial charge in [0.2, 0.25) is 15.6 Å². The second-order valence-electron chi connectivity index (χ2n) is 6.43. The van der Waals surface area contributed by atoms with Gasteiger partial charge in [-0.05, 0) is 37.1 Å². The molecule has 0 aliphatic carbocycles. The van der Waals surface area contributed by atoms with E-state index in [1.165, 1.54) is 10.4 Å². The second kappa shape index (κ2) is 10.3. The van der Waals surface area contributed by atoms with Crippen molar-refractivity contribution in [3.63, 3.8) is 0 Å². The van der Waals surface area contributed by atoms with Crippen LogP contribution in [0.15, 0.2) is 52.3 Å². The molecule has 0 fully saturated rings. The molecule has 1 amide bonds. The van der Waals surface area contributed by atoms with E-state index in [0.29, 0.717) is 19.4 Å². The van der Waals surface area contributed by atoms with E-state index in [1.54, 1.807) is 36.7 Å². The highest BCUT2D eigenvalue weighted by atomic mass is 32.2. The maximum Gasteiger partial charge on any atom is 0.254 e. The van der Waals surface area contributed by atoms with Gasteiger partial charge in [-0.25, -0.2) is 12.8 Å². The summed E-state index contributed by atoms with van der Waals surface area (Å²) in [5.74, 6) is -1.45. The van der Waals surface area contributed by atoms with Crippen LogP contribution in [0.4, 0.5) is 4.39 Å². The molecule has 0 aliphatic heterocycles. The third-order valence-corrected chi connectivity index (χ3v) is 6.58. The van der Waals surface area contributed by atoms with E-state index in [4.69, 9.17) is 0 Å². The third kappa shape index (κ3) is 5.74. The molecule has 0 radical (unpaired) electrons. The molecule has 1 N–H and O–H groups in total. The van der Waals surface area contributed by atoms with E-state index in [-0.39, 0.29) is 35.7 Å². The molecule has 158 valence electrons. The number of aryl methyl sites for hydroxylation is 1. The van der Waals surface area contributed by atoms with Crippen LogP contribution in [0, 0.1) is 5.82 Å². The van der Waals surface area contributed by atoms with Gasteiger partial charge >= 0.3 is 0 Å². The predicted octanol–water partition coefficient (Wildman–Crippen LogP) is 2.23. The molecule has 0 saturated carbocycles. The van der Waals surface area contributed by atoms with Gasteiger partial charge in [0.05, 0.1) is 10.5 Å². The van der Waals surface area contributed by atoms with Crippen molar-refractivity contribution in [2.45, 2.75) is 38.1 Å². The first kappa shape index (κ1) is 22.8. The molecular weight excluding hydrogens is 397 g/mol. The summed E-state index contributed by atoms with van der Waals surface area (Å²) in [6.45, 7) is 4.78. The van der Waals surface area contributed by atoms with Crippen molar-refractivity contribution in [1.82, 2.24) is 14.2 Å². The van der Waals surface area contributed by atoms with Gasteiger partial charge < -0.3 is 9.88 Å². The molecule has 9 heteroatoms. The molecular formula is C20H26FN3O4S. The van der Waals surface area contributed by atoms with Gasteiger partial charge in [0.15, 0.2) is 0 Å². The second-order valence-corrected chi connectivity index (χ2v) is 8.36. The van der Waals surface area contributed by atoms with Gasteiger partial charge in [-0.3, -0.25) is 9.59 Å². The molecule has 1 aromatic heterocycles. The Hall–Kier alpha value is -2.52. The SMILES string of the molecule is CCN(CC)S(=O)(=O)c1ccc(F)c(C(=O)NCCCCn2ccccc2=O)c1. The molecule has 0 spiro atoms. The number of carbonyl (C=O) groups is 1. The van der Waals surface area contributed by atoms with E-state index in [1.807, 2.05) is 0 Å². The van der Waals surface area contributed by atoms with Gasteiger partial charge in [0.25, 0.3) is 5.91 Å². The Morgan fingerprint density at radius 1 is 1.14 bits per heavy atom. The van der Waals surface area contributed by atoms with Crippen LogP contribution in [0.3, 0.4) is 0 Å². The Balaban J connectivity index is 1.98. The lowest BCUT2D eigenvalue weighted by Gasteiger charge is -2.19. The van der Waals surface area contributed by atoms with E-state index in [9.17, 15) is 22.4 Å². The number of nitrogens with zero attached hydrogens (tertiary/aromatic N) is 2. The van der Waals surface area contributed by atoms with Gasteiger partial charge in [-0.1, -0.05) is 19.9 Å². The highest BCUT2D eigenvalue weighted by Crippen LogP contribution is 2.19. The molecule has 7 nitrogen and oxygen atoms in total. The van der Waals surface area contributed by atoms with Gasteiger partial charge in [0.1, 0.15) is 5.82 Å².